The SMILES string of the molecule is CN(C)S(=O)(=O)NCC[C@H]1CCCCN1. The van der Waals surface area contributed by atoms with Crippen molar-refractivity contribution in [2.45, 2.75) is 31.7 Å². The van der Waals surface area contributed by atoms with Crippen LogP contribution in [0.1, 0.15) is 25.7 Å². The molecule has 1 saturated heterocycles. The van der Waals surface area contributed by atoms with Gasteiger partial charge in [-0.25, -0.2) is 4.72 Å². The van der Waals surface area contributed by atoms with Crippen LogP contribution in [0.5, 0.6) is 0 Å². The van der Waals surface area contributed by atoms with E-state index < -0.39 is 10.2 Å². The van der Waals surface area contributed by atoms with Gasteiger partial charge in [0.2, 0.25) is 0 Å². The summed E-state index contributed by atoms with van der Waals surface area (Å²) in [7, 11) is -0.186. The van der Waals surface area contributed by atoms with Crippen molar-refractivity contribution in [3.05, 3.63) is 0 Å². The van der Waals surface area contributed by atoms with Gasteiger partial charge in [0.25, 0.3) is 10.2 Å². The van der Waals surface area contributed by atoms with E-state index in [0.717, 1.165) is 19.4 Å². The number of rotatable bonds is 5. The zero-order valence-corrected chi connectivity index (χ0v) is 10.3. The van der Waals surface area contributed by atoms with E-state index in [4.69, 9.17) is 0 Å². The molecule has 0 bridgehead atoms. The van der Waals surface area contributed by atoms with E-state index in [-0.39, 0.29) is 0 Å². The molecule has 0 aromatic rings. The van der Waals surface area contributed by atoms with Gasteiger partial charge in [0.1, 0.15) is 0 Å². The van der Waals surface area contributed by atoms with Crippen molar-refractivity contribution in [2.75, 3.05) is 27.2 Å². The van der Waals surface area contributed by atoms with Crippen LogP contribution < -0.4 is 10.0 Å². The average molecular weight is 235 g/mol. The number of nitrogens with zero attached hydrogens (tertiary/aromatic N) is 1. The Morgan fingerprint density at radius 1 is 1.40 bits per heavy atom. The lowest BCUT2D eigenvalue weighted by Crippen LogP contribution is -2.40. The van der Waals surface area contributed by atoms with Crippen LogP contribution in [-0.4, -0.2) is 45.9 Å². The Labute approximate surface area is 92.4 Å². The third-order valence-electron chi connectivity index (χ3n) is 2.67. The first-order valence-electron chi connectivity index (χ1n) is 5.43. The normalized spacial score (nSPS) is 23.3. The molecule has 1 atom stereocenters. The molecule has 15 heavy (non-hydrogen) atoms. The Morgan fingerprint density at radius 2 is 2.13 bits per heavy atom. The van der Waals surface area contributed by atoms with Crippen LogP contribution in [0.4, 0.5) is 0 Å². The van der Waals surface area contributed by atoms with Crippen molar-refractivity contribution >= 4 is 10.2 Å². The van der Waals surface area contributed by atoms with E-state index in [9.17, 15) is 8.42 Å². The lowest BCUT2D eigenvalue weighted by atomic mass is 10.0. The second-order valence-corrected chi connectivity index (χ2v) is 6.09. The molecule has 0 spiro atoms. The van der Waals surface area contributed by atoms with Crippen LogP contribution in [-0.2, 0) is 10.2 Å². The van der Waals surface area contributed by atoms with Gasteiger partial charge in [-0.15, -0.1) is 0 Å². The summed E-state index contributed by atoms with van der Waals surface area (Å²) in [4.78, 5) is 0. The fourth-order valence-corrected chi connectivity index (χ4v) is 2.30. The van der Waals surface area contributed by atoms with Crippen molar-refractivity contribution in [3.8, 4) is 0 Å². The number of nitrogens with one attached hydrogen (secondary N) is 2. The van der Waals surface area contributed by atoms with Gasteiger partial charge in [-0.05, 0) is 25.8 Å². The van der Waals surface area contributed by atoms with E-state index in [2.05, 4.69) is 10.0 Å². The Bertz CT molecular complexity index is 271. The van der Waals surface area contributed by atoms with E-state index in [0.29, 0.717) is 12.6 Å². The highest BCUT2D eigenvalue weighted by atomic mass is 32.2. The van der Waals surface area contributed by atoms with Gasteiger partial charge < -0.3 is 5.32 Å². The minimum absolute atomic E-state index is 0.476. The summed E-state index contributed by atoms with van der Waals surface area (Å²) in [5.74, 6) is 0. The van der Waals surface area contributed by atoms with Crippen molar-refractivity contribution in [3.63, 3.8) is 0 Å². The minimum atomic E-state index is -3.24. The standard InChI is InChI=1S/C9H21N3O2S/c1-12(2)15(13,14)11-8-6-9-5-3-4-7-10-9/h9-11H,3-8H2,1-2H3/t9-/m1/s1. The van der Waals surface area contributed by atoms with Crippen molar-refractivity contribution < 1.29 is 8.42 Å². The first-order chi connectivity index (χ1) is 7.02. The highest BCUT2D eigenvalue weighted by Crippen LogP contribution is 2.09. The quantitative estimate of drug-likeness (QED) is 0.700. The van der Waals surface area contributed by atoms with Crippen LogP contribution in [0.2, 0.25) is 0 Å². The van der Waals surface area contributed by atoms with Crippen molar-refractivity contribution in [1.29, 1.82) is 0 Å². The van der Waals surface area contributed by atoms with Gasteiger partial charge in [0, 0.05) is 26.7 Å². The van der Waals surface area contributed by atoms with E-state index >= 15 is 0 Å². The van der Waals surface area contributed by atoms with Crippen LogP contribution in [0, 0.1) is 0 Å². The molecule has 0 unspecified atom stereocenters. The molecule has 0 aromatic carbocycles. The summed E-state index contributed by atoms with van der Waals surface area (Å²) >= 11 is 0. The maximum Gasteiger partial charge on any atom is 0.278 e. The lowest BCUT2D eigenvalue weighted by Gasteiger charge is -2.23. The maximum atomic E-state index is 11.4. The average Bonchev–Trinajstić information content (AvgIpc) is 2.19. The minimum Gasteiger partial charge on any atom is -0.314 e. The van der Waals surface area contributed by atoms with E-state index in [1.807, 2.05) is 0 Å². The third kappa shape index (κ3) is 4.46. The molecular formula is C9H21N3O2S. The predicted octanol–water partition coefficient (Wildman–Crippen LogP) is -0.0854. The first-order valence-corrected chi connectivity index (χ1v) is 6.87. The summed E-state index contributed by atoms with van der Waals surface area (Å²) in [6.07, 6.45) is 4.51. The molecule has 90 valence electrons. The third-order valence-corrected chi connectivity index (χ3v) is 4.20. The van der Waals surface area contributed by atoms with Crippen LogP contribution in [0.3, 0.4) is 0 Å². The van der Waals surface area contributed by atoms with Gasteiger partial charge >= 0.3 is 0 Å². The molecule has 1 rings (SSSR count). The summed E-state index contributed by atoms with van der Waals surface area (Å²) in [6, 6.07) is 0.476. The van der Waals surface area contributed by atoms with Gasteiger partial charge in [-0.2, -0.15) is 12.7 Å². The Balaban J connectivity index is 2.20. The largest absolute Gasteiger partial charge is 0.314 e. The van der Waals surface area contributed by atoms with Gasteiger partial charge in [0.05, 0.1) is 0 Å². The Morgan fingerprint density at radius 3 is 2.67 bits per heavy atom. The van der Waals surface area contributed by atoms with Crippen LogP contribution in [0.25, 0.3) is 0 Å². The molecule has 0 saturated carbocycles. The molecule has 0 radical (unpaired) electrons. The molecule has 0 aliphatic carbocycles. The van der Waals surface area contributed by atoms with Crippen LogP contribution >= 0.6 is 0 Å². The van der Waals surface area contributed by atoms with Gasteiger partial charge in [0.15, 0.2) is 0 Å². The zero-order valence-electron chi connectivity index (χ0n) is 9.49. The number of hydrogen-bond donors (Lipinski definition) is 2. The van der Waals surface area contributed by atoms with Crippen molar-refractivity contribution in [1.82, 2.24) is 14.3 Å². The fourth-order valence-electron chi connectivity index (χ4n) is 1.66. The molecule has 1 aliphatic heterocycles. The van der Waals surface area contributed by atoms with Crippen molar-refractivity contribution in [2.24, 2.45) is 0 Å². The summed E-state index contributed by atoms with van der Waals surface area (Å²) in [5, 5.41) is 3.39. The van der Waals surface area contributed by atoms with Gasteiger partial charge in [-0.1, -0.05) is 6.42 Å². The molecule has 6 heteroatoms. The second-order valence-electron chi connectivity index (χ2n) is 4.12. The lowest BCUT2D eigenvalue weighted by molar-refractivity contribution is 0.381. The summed E-state index contributed by atoms with van der Waals surface area (Å²) < 4.78 is 26.5. The molecule has 1 heterocycles. The smallest absolute Gasteiger partial charge is 0.278 e. The summed E-state index contributed by atoms with van der Waals surface area (Å²) in [6.45, 7) is 1.57. The molecule has 5 nitrogen and oxygen atoms in total. The second kappa shape index (κ2) is 5.79. The van der Waals surface area contributed by atoms with E-state index in [1.165, 1.54) is 31.2 Å². The maximum absolute atomic E-state index is 11.4. The van der Waals surface area contributed by atoms with Gasteiger partial charge in [-0.3, -0.25) is 0 Å². The molecule has 2 N–H and O–H groups in total. The van der Waals surface area contributed by atoms with Crippen LogP contribution in [0.15, 0.2) is 0 Å². The Hall–Kier alpha value is -0.170. The highest BCUT2D eigenvalue weighted by molar-refractivity contribution is 7.87. The number of piperidine rings is 1. The number of hydrogen-bond acceptors (Lipinski definition) is 3. The molecule has 0 aromatic heterocycles. The molecular weight excluding hydrogens is 214 g/mol. The topological polar surface area (TPSA) is 61.4 Å². The summed E-state index contributed by atoms with van der Waals surface area (Å²) in [5.41, 5.74) is 0. The van der Waals surface area contributed by atoms with E-state index in [1.54, 1.807) is 0 Å². The zero-order chi connectivity index (χ0) is 11.3. The highest BCUT2D eigenvalue weighted by Gasteiger charge is 2.15. The predicted molar refractivity (Wildman–Crippen MR) is 60.9 cm³/mol. The Kier molecular flexibility index (Phi) is 4.98. The molecule has 1 aliphatic rings. The monoisotopic (exact) mass is 235 g/mol. The molecule has 0 amide bonds. The molecule has 1 fully saturated rings. The fraction of sp³-hybridized carbons (Fsp3) is 1.00. The first kappa shape index (κ1) is 12.9.